The first-order chi connectivity index (χ1) is 8.65. The van der Waals surface area contributed by atoms with Crippen molar-refractivity contribution in [1.29, 1.82) is 0 Å². The Labute approximate surface area is 122 Å². The third-order valence-electron chi connectivity index (χ3n) is 2.79. The molecule has 1 aliphatic heterocycles. The zero-order valence-electron chi connectivity index (χ0n) is 10.9. The van der Waals surface area contributed by atoms with E-state index in [1.54, 1.807) is 18.9 Å². The molecule has 0 radical (unpaired) electrons. The summed E-state index contributed by atoms with van der Waals surface area (Å²) in [6.07, 6.45) is 2.01. The Bertz CT molecular complexity index is 508. The van der Waals surface area contributed by atoms with Crippen LogP contribution in [-0.2, 0) is 4.79 Å². The molecule has 1 unspecified atom stereocenters. The lowest BCUT2D eigenvalue weighted by Crippen LogP contribution is -3.00. The second-order valence-corrected chi connectivity index (χ2v) is 4.87. The molecule has 2 rings (SSSR count). The number of rotatable bonds is 3. The van der Waals surface area contributed by atoms with E-state index >= 15 is 0 Å². The van der Waals surface area contributed by atoms with Crippen molar-refractivity contribution < 1.29 is 27.3 Å². The molecule has 104 valence electrons. The molecule has 0 bridgehead atoms. The van der Waals surface area contributed by atoms with Gasteiger partial charge in [-0.15, -0.1) is 16.9 Å². The van der Waals surface area contributed by atoms with Crippen LogP contribution in [-0.4, -0.2) is 31.2 Å². The molecule has 3 N–H and O–H groups in total. The molecule has 1 heterocycles. The minimum absolute atomic E-state index is 0. The Morgan fingerprint density at radius 1 is 1.47 bits per heavy atom. The maximum absolute atomic E-state index is 11.3. The van der Waals surface area contributed by atoms with Crippen LogP contribution in [0.1, 0.15) is 12.5 Å². The van der Waals surface area contributed by atoms with Gasteiger partial charge < -0.3 is 17.1 Å². The molecule has 0 saturated heterocycles. The quantitative estimate of drug-likeness (QED) is 0.591. The summed E-state index contributed by atoms with van der Waals surface area (Å²) < 4.78 is 5.38. The molecule has 19 heavy (non-hydrogen) atoms. The number of benzene rings is 1. The highest BCUT2D eigenvalue weighted by molar-refractivity contribution is 7.98. The van der Waals surface area contributed by atoms with Gasteiger partial charge >= 0.3 is 0 Å². The van der Waals surface area contributed by atoms with Gasteiger partial charge in [0.1, 0.15) is 5.75 Å². The number of ether oxygens (including phenoxy) is 1. The van der Waals surface area contributed by atoms with Crippen molar-refractivity contribution >= 4 is 23.5 Å². The van der Waals surface area contributed by atoms with Gasteiger partial charge in [-0.1, -0.05) is 0 Å². The smallest absolute Gasteiger partial charge is 0.298 e. The normalized spacial score (nSPS) is 18.2. The summed E-state index contributed by atoms with van der Waals surface area (Å²) in [5.41, 5.74) is 3.41. The first-order valence-electron chi connectivity index (χ1n) is 5.60. The number of nitrogens with one attached hydrogen (secondary N) is 1. The number of quaternary nitrogens is 1. The predicted octanol–water partition coefficient (Wildman–Crippen LogP) is -2.84. The van der Waals surface area contributed by atoms with Gasteiger partial charge in [0.2, 0.25) is 0 Å². The lowest BCUT2D eigenvalue weighted by Gasteiger charge is -2.17. The lowest BCUT2D eigenvalue weighted by molar-refractivity contribution is -0.564. The minimum atomic E-state index is -0.178. The molecule has 5 nitrogen and oxygen atoms in total. The van der Waals surface area contributed by atoms with Gasteiger partial charge in [0.15, 0.2) is 6.04 Å². The fraction of sp³-hybridized carbons (Fsp3) is 0.333. The number of amidine groups is 1. The molecule has 0 spiro atoms. The van der Waals surface area contributed by atoms with Crippen LogP contribution in [0.5, 0.6) is 5.75 Å². The molecule has 1 aliphatic rings. The molecular formula is C12H16ClN3O2S. The highest BCUT2D eigenvalue weighted by Gasteiger charge is 2.27. The standard InChI is InChI=1S/C12H15N3O2S.ClH/c1-7-12(16)15-14-11(13-7)9-5-4-8(18-3)6-10(9)17-2;/h4-7H,1-3H3,(H,13,14)(H,15,16);1H. The number of hydrogen-bond donors (Lipinski definition) is 2. The number of hydrazone groups is 1. The Morgan fingerprint density at radius 2 is 2.21 bits per heavy atom. The van der Waals surface area contributed by atoms with Crippen LogP contribution in [0.15, 0.2) is 28.2 Å². The molecule has 1 aromatic rings. The Kier molecular flexibility index (Phi) is 5.65. The summed E-state index contributed by atoms with van der Waals surface area (Å²) in [5.74, 6) is 1.42. The van der Waals surface area contributed by atoms with E-state index in [1.165, 1.54) is 0 Å². The number of amides is 1. The number of methoxy groups -OCH3 is 1. The molecular weight excluding hydrogens is 286 g/mol. The lowest BCUT2D eigenvalue weighted by atomic mass is 10.1. The van der Waals surface area contributed by atoms with Crippen LogP contribution in [0.3, 0.4) is 0 Å². The number of halogens is 1. The first-order valence-corrected chi connectivity index (χ1v) is 6.83. The molecule has 0 fully saturated rings. The van der Waals surface area contributed by atoms with E-state index in [9.17, 15) is 4.79 Å². The SMILES string of the molecule is COc1cc(SC)ccc1C1=NNC(=O)C(C)[NH2+]1.[Cl-]. The van der Waals surface area contributed by atoms with Crippen molar-refractivity contribution in [3.05, 3.63) is 23.8 Å². The highest BCUT2D eigenvalue weighted by Crippen LogP contribution is 2.25. The number of carbonyl (C=O) groups is 1. The Morgan fingerprint density at radius 3 is 2.79 bits per heavy atom. The number of thioether (sulfide) groups is 1. The zero-order valence-corrected chi connectivity index (χ0v) is 12.5. The molecule has 1 amide bonds. The summed E-state index contributed by atoms with van der Waals surface area (Å²) in [4.78, 5) is 12.5. The summed E-state index contributed by atoms with van der Waals surface area (Å²) in [6.45, 7) is 1.84. The predicted molar refractivity (Wildman–Crippen MR) is 70.8 cm³/mol. The average molecular weight is 302 g/mol. The van der Waals surface area contributed by atoms with Crippen molar-refractivity contribution in [2.75, 3.05) is 13.4 Å². The molecule has 7 heteroatoms. The van der Waals surface area contributed by atoms with Crippen molar-refractivity contribution in [3.63, 3.8) is 0 Å². The van der Waals surface area contributed by atoms with Crippen LogP contribution in [0, 0.1) is 0 Å². The van der Waals surface area contributed by atoms with Gasteiger partial charge in [-0.25, -0.2) is 5.43 Å². The molecule has 0 aliphatic carbocycles. The van der Waals surface area contributed by atoms with E-state index in [4.69, 9.17) is 4.74 Å². The van der Waals surface area contributed by atoms with Gasteiger partial charge in [-0.05, 0) is 31.4 Å². The number of carbonyl (C=O) groups excluding carboxylic acids is 1. The van der Waals surface area contributed by atoms with Crippen LogP contribution in [0.25, 0.3) is 0 Å². The number of hydrogen-bond acceptors (Lipinski definition) is 4. The molecule has 1 atom stereocenters. The van der Waals surface area contributed by atoms with E-state index in [0.717, 1.165) is 22.0 Å². The van der Waals surface area contributed by atoms with Crippen molar-refractivity contribution in [1.82, 2.24) is 5.43 Å². The maximum atomic E-state index is 11.3. The first kappa shape index (κ1) is 15.8. The van der Waals surface area contributed by atoms with Gasteiger partial charge in [0, 0.05) is 4.90 Å². The van der Waals surface area contributed by atoms with E-state index < -0.39 is 0 Å². The van der Waals surface area contributed by atoms with Gasteiger partial charge in [0.05, 0.1) is 12.7 Å². The third-order valence-corrected chi connectivity index (χ3v) is 3.52. The minimum Gasteiger partial charge on any atom is -1.00 e. The van der Waals surface area contributed by atoms with Crippen LogP contribution < -0.4 is 27.9 Å². The fourth-order valence-corrected chi connectivity index (χ4v) is 2.16. The fourth-order valence-electron chi connectivity index (χ4n) is 1.73. The second kappa shape index (κ2) is 6.79. The Hall–Kier alpha value is -1.24. The van der Waals surface area contributed by atoms with E-state index in [1.807, 2.05) is 36.7 Å². The molecule has 0 saturated carbocycles. The van der Waals surface area contributed by atoms with Crippen LogP contribution in [0.2, 0.25) is 0 Å². The van der Waals surface area contributed by atoms with E-state index in [0.29, 0.717) is 0 Å². The van der Waals surface area contributed by atoms with Gasteiger partial charge in [-0.2, -0.15) is 0 Å². The van der Waals surface area contributed by atoms with Crippen LogP contribution >= 0.6 is 11.8 Å². The summed E-state index contributed by atoms with van der Waals surface area (Å²) >= 11 is 1.65. The maximum Gasteiger partial charge on any atom is 0.298 e. The largest absolute Gasteiger partial charge is 1.00 e. The topological polar surface area (TPSA) is 67.3 Å². The molecule has 0 aromatic heterocycles. The van der Waals surface area contributed by atoms with Crippen molar-refractivity contribution in [2.45, 2.75) is 17.9 Å². The third kappa shape index (κ3) is 3.40. The summed E-state index contributed by atoms with van der Waals surface area (Å²) in [7, 11) is 1.63. The zero-order chi connectivity index (χ0) is 13.1. The van der Waals surface area contributed by atoms with Gasteiger partial charge in [-0.3, -0.25) is 10.1 Å². The Balaban J connectivity index is 0.00000180. The summed E-state index contributed by atoms with van der Waals surface area (Å²) in [5, 5.41) is 5.91. The highest BCUT2D eigenvalue weighted by atomic mass is 35.5. The van der Waals surface area contributed by atoms with E-state index in [2.05, 4.69) is 10.5 Å². The van der Waals surface area contributed by atoms with Crippen molar-refractivity contribution in [3.8, 4) is 5.75 Å². The number of nitrogens with zero attached hydrogens (tertiary/aromatic N) is 1. The average Bonchev–Trinajstić information content (AvgIpc) is 2.41. The number of nitrogens with two attached hydrogens (primary N) is 1. The monoisotopic (exact) mass is 301 g/mol. The second-order valence-electron chi connectivity index (χ2n) is 3.99. The van der Waals surface area contributed by atoms with Crippen LogP contribution in [0.4, 0.5) is 0 Å². The molecule has 1 aromatic carbocycles. The summed E-state index contributed by atoms with van der Waals surface area (Å²) in [6, 6.07) is 5.77. The van der Waals surface area contributed by atoms with Crippen molar-refractivity contribution in [2.24, 2.45) is 5.10 Å². The van der Waals surface area contributed by atoms with Gasteiger partial charge in [0.25, 0.3) is 11.7 Å². The van der Waals surface area contributed by atoms with E-state index in [-0.39, 0.29) is 24.4 Å².